The van der Waals surface area contributed by atoms with Crippen molar-refractivity contribution in [1.82, 2.24) is 20.4 Å². The number of aromatic nitrogens is 2. The van der Waals surface area contributed by atoms with Crippen molar-refractivity contribution < 1.29 is 9.53 Å². The standard InChI is InChI=1S/C21H28N4O2/c1-27-17-8-4-6-15(12-17)18-13-19(24-23-18)21(26)22-14-16-7-5-11-25-10-3-2-9-20(16)25/h4,6,8,12-13,16,20H,2-3,5,7,9-11,14H2,1H3,(H,22,26)(H,23,24). The van der Waals surface area contributed by atoms with Gasteiger partial charge in [0.2, 0.25) is 0 Å². The monoisotopic (exact) mass is 368 g/mol. The van der Waals surface area contributed by atoms with E-state index in [-0.39, 0.29) is 5.91 Å². The number of benzene rings is 1. The van der Waals surface area contributed by atoms with Crippen molar-refractivity contribution in [2.24, 2.45) is 5.92 Å². The molecule has 2 N–H and O–H groups in total. The van der Waals surface area contributed by atoms with Crippen LogP contribution in [0.3, 0.4) is 0 Å². The van der Waals surface area contributed by atoms with Crippen molar-refractivity contribution in [3.05, 3.63) is 36.0 Å². The third-order valence-corrected chi connectivity index (χ3v) is 5.94. The van der Waals surface area contributed by atoms with Crippen LogP contribution in [-0.4, -0.2) is 53.8 Å². The lowest BCUT2D eigenvalue weighted by atomic mass is 9.83. The molecule has 2 saturated heterocycles. The van der Waals surface area contributed by atoms with Crippen LogP contribution in [0.15, 0.2) is 30.3 Å². The summed E-state index contributed by atoms with van der Waals surface area (Å²) in [5.41, 5.74) is 2.18. The Hall–Kier alpha value is -2.34. The molecule has 3 heterocycles. The average Bonchev–Trinajstić information content (AvgIpc) is 3.22. The van der Waals surface area contributed by atoms with Gasteiger partial charge in [-0.2, -0.15) is 5.10 Å². The number of aromatic amines is 1. The van der Waals surface area contributed by atoms with E-state index in [4.69, 9.17) is 4.74 Å². The summed E-state index contributed by atoms with van der Waals surface area (Å²) >= 11 is 0. The zero-order chi connectivity index (χ0) is 18.6. The fourth-order valence-electron chi connectivity index (χ4n) is 4.50. The van der Waals surface area contributed by atoms with Gasteiger partial charge in [0.05, 0.1) is 12.8 Å². The fraction of sp³-hybridized carbons (Fsp3) is 0.524. The molecule has 2 aromatic rings. The third kappa shape index (κ3) is 4.00. The number of nitrogens with one attached hydrogen (secondary N) is 2. The quantitative estimate of drug-likeness (QED) is 0.851. The van der Waals surface area contributed by atoms with Crippen molar-refractivity contribution >= 4 is 5.91 Å². The Balaban J connectivity index is 1.38. The molecule has 27 heavy (non-hydrogen) atoms. The molecule has 0 radical (unpaired) electrons. The number of amides is 1. The van der Waals surface area contributed by atoms with Gasteiger partial charge in [0.25, 0.3) is 5.91 Å². The van der Waals surface area contributed by atoms with Crippen LogP contribution in [0.25, 0.3) is 11.3 Å². The molecular weight excluding hydrogens is 340 g/mol. The maximum atomic E-state index is 12.6. The SMILES string of the molecule is COc1cccc(-c2cc(C(=O)NCC3CCCN4CCCCC34)[nH]n2)c1. The summed E-state index contributed by atoms with van der Waals surface area (Å²) in [6.07, 6.45) is 6.35. The Bertz CT molecular complexity index is 786. The van der Waals surface area contributed by atoms with E-state index in [1.165, 1.54) is 45.2 Å². The van der Waals surface area contributed by atoms with E-state index in [0.29, 0.717) is 17.7 Å². The van der Waals surface area contributed by atoms with Gasteiger partial charge in [-0.25, -0.2) is 0 Å². The van der Waals surface area contributed by atoms with Crippen molar-refractivity contribution in [2.45, 2.75) is 38.1 Å². The van der Waals surface area contributed by atoms with Gasteiger partial charge < -0.3 is 15.0 Å². The first kappa shape index (κ1) is 18.0. The molecule has 144 valence electrons. The van der Waals surface area contributed by atoms with Gasteiger partial charge in [0.15, 0.2) is 0 Å². The van der Waals surface area contributed by atoms with Crippen LogP contribution < -0.4 is 10.1 Å². The first-order valence-electron chi connectivity index (χ1n) is 9.96. The fourth-order valence-corrected chi connectivity index (χ4v) is 4.50. The first-order valence-corrected chi connectivity index (χ1v) is 9.96. The van der Waals surface area contributed by atoms with Crippen LogP contribution in [0, 0.1) is 5.92 Å². The van der Waals surface area contributed by atoms with E-state index < -0.39 is 0 Å². The molecule has 0 spiro atoms. The Morgan fingerprint density at radius 1 is 1.26 bits per heavy atom. The van der Waals surface area contributed by atoms with Crippen LogP contribution in [0.1, 0.15) is 42.6 Å². The van der Waals surface area contributed by atoms with Crippen LogP contribution in [-0.2, 0) is 0 Å². The summed E-state index contributed by atoms with van der Waals surface area (Å²) in [7, 11) is 1.64. The number of carbonyl (C=O) groups is 1. The zero-order valence-electron chi connectivity index (χ0n) is 15.9. The lowest BCUT2D eigenvalue weighted by Crippen LogP contribution is -2.51. The number of hydrogen-bond donors (Lipinski definition) is 2. The molecule has 0 bridgehead atoms. The lowest BCUT2D eigenvalue weighted by Gasteiger charge is -2.44. The molecule has 6 heteroatoms. The third-order valence-electron chi connectivity index (χ3n) is 5.94. The molecule has 2 aliphatic heterocycles. The summed E-state index contributed by atoms with van der Waals surface area (Å²) in [6, 6.07) is 10.1. The summed E-state index contributed by atoms with van der Waals surface area (Å²) in [5, 5.41) is 10.3. The normalized spacial score (nSPS) is 22.9. The summed E-state index contributed by atoms with van der Waals surface area (Å²) in [5.74, 6) is 1.25. The summed E-state index contributed by atoms with van der Waals surface area (Å²) < 4.78 is 5.26. The van der Waals surface area contributed by atoms with Gasteiger partial charge in [-0.3, -0.25) is 9.89 Å². The highest BCUT2D eigenvalue weighted by atomic mass is 16.5. The summed E-state index contributed by atoms with van der Waals surface area (Å²) in [6.45, 7) is 3.19. The van der Waals surface area contributed by atoms with E-state index in [9.17, 15) is 4.79 Å². The van der Waals surface area contributed by atoms with Gasteiger partial charge in [-0.1, -0.05) is 18.6 Å². The van der Waals surface area contributed by atoms with Crippen molar-refractivity contribution in [1.29, 1.82) is 0 Å². The highest BCUT2D eigenvalue weighted by Gasteiger charge is 2.33. The van der Waals surface area contributed by atoms with E-state index >= 15 is 0 Å². The molecule has 4 rings (SSSR count). The van der Waals surface area contributed by atoms with Crippen LogP contribution >= 0.6 is 0 Å². The smallest absolute Gasteiger partial charge is 0.269 e. The van der Waals surface area contributed by atoms with E-state index in [0.717, 1.165) is 23.6 Å². The predicted octanol–water partition coefficient (Wildman–Crippen LogP) is 3.08. The topological polar surface area (TPSA) is 70.2 Å². The largest absolute Gasteiger partial charge is 0.497 e. The molecule has 6 nitrogen and oxygen atoms in total. The van der Waals surface area contributed by atoms with Crippen LogP contribution in [0.5, 0.6) is 5.75 Å². The van der Waals surface area contributed by atoms with Gasteiger partial charge in [0, 0.05) is 18.2 Å². The lowest BCUT2D eigenvalue weighted by molar-refractivity contribution is 0.0575. The van der Waals surface area contributed by atoms with Gasteiger partial charge in [0.1, 0.15) is 11.4 Å². The van der Waals surface area contributed by atoms with E-state index in [2.05, 4.69) is 20.4 Å². The Labute approximate surface area is 160 Å². The van der Waals surface area contributed by atoms with E-state index in [1.807, 2.05) is 24.3 Å². The van der Waals surface area contributed by atoms with Gasteiger partial charge in [-0.05, 0) is 62.9 Å². The Morgan fingerprint density at radius 3 is 3.04 bits per heavy atom. The second-order valence-electron chi connectivity index (χ2n) is 7.61. The second-order valence-corrected chi connectivity index (χ2v) is 7.61. The minimum atomic E-state index is -0.0791. The number of nitrogens with zero attached hydrogens (tertiary/aromatic N) is 2. The number of carbonyl (C=O) groups excluding carboxylic acids is 1. The number of hydrogen-bond acceptors (Lipinski definition) is 4. The van der Waals surface area contributed by atoms with Crippen molar-refractivity contribution in [3.8, 4) is 17.0 Å². The minimum Gasteiger partial charge on any atom is -0.497 e. The minimum absolute atomic E-state index is 0.0791. The molecule has 0 saturated carbocycles. The average molecular weight is 368 g/mol. The second kappa shape index (κ2) is 8.13. The predicted molar refractivity (Wildman–Crippen MR) is 105 cm³/mol. The molecular formula is C21H28N4O2. The molecule has 1 aromatic carbocycles. The number of piperidine rings is 2. The highest BCUT2D eigenvalue weighted by molar-refractivity contribution is 5.93. The highest BCUT2D eigenvalue weighted by Crippen LogP contribution is 2.30. The maximum Gasteiger partial charge on any atom is 0.269 e. The molecule has 2 unspecified atom stereocenters. The molecule has 2 aliphatic rings. The number of H-pyrrole nitrogens is 1. The number of methoxy groups -OCH3 is 1. The van der Waals surface area contributed by atoms with Crippen molar-refractivity contribution in [2.75, 3.05) is 26.7 Å². The van der Waals surface area contributed by atoms with Gasteiger partial charge in [-0.15, -0.1) is 0 Å². The van der Waals surface area contributed by atoms with Crippen LogP contribution in [0.2, 0.25) is 0 Å². The summed E-state index contributed by atoms with van der Waals surface area (Å²) in [4.78, 5) is 15.2. The molecule has 1 amide bonds. The number of rotatable bonds is 5. The Morgan fingerprint density at radius 2 is 2.15 bits per heavy atom. The van der Waals surface area contributed by atoms with Crippen LogP contribution in [0.4, 0.5) is 0 Å². The Kier molecular flexibility index (Phi) is 5.43. The zero-order valence-corrected chi connectivity index (χ0v) is 15.9. The molecule has 2 atom stereocenters. The van der Waals surface area contributed by atoms with Gasteiger partial charge >= 0.3 is 0 Å². The van der Waals surface area contributed by atoms with Crippen molar-refractivity contribution in [3.63, 3.8) is 0 Å². The molecule has 1 aromatic heterocycles. The van der Waals surface area contributed by atoms with E-state index in [1.54, 1.807) is 13.2 Å². The number of fused-ring (bicyclic) bond motifs is 1. The number of ether oxygens (including phenoxy) is 1. The first-order chi connectivity index (χ1) is 13.2. The molecule has 0 aliphatic carbocycles. The molecule has 2 fully saturated rings. The maximum absolute atomic E-state index is 12.6.